The van der Waals surface area contributed by atoms with Crippen molar-refractivity contribution in [3.63, 3.8) is 0 Å². The van der Waals surface area contributed by atoms with Crippen LogP contribution in [0.3, 0.4) is 0 Å². The summed E-state index contributed by atoms with van der Waals surface area (Å²) in [6.45, 7) is 0.920. The van der Waals surface area contributed by atoms with Crippen LogP contribution in [-0.4, -0.2) is 26.5 Å². The number of nitrogens with zero attached hydrogens (tertiary/aromatic N) is 3. The fourth-order valence-corrected chi connectivity index (χ4v) is 3.15. The van der Waals surface area contributed by atoms with Crippen molar-refractivity contribution in [1.82, 2.24) is 19.9 Å². The molecule has 0 unspecified atom stereocenters. The highest BCUT2D eigenvalue weighted by Crippen LogP contribution is 2.28. The summed E-state index contributed by atoms with van der Waals surface area (Å²) in [6.07, 6.45) is 6.74. The van der Waals surface area contributed by atoms with Crippen LogP contribution in [0.15, 0.2) is 36.9 Å². The lowest BCUT2D eigenvalue weighted by atomic mass is 10.0. The SMILES string of the molecule is c1ccc2c(c1)CC(CCNc1ncnc3nc[nH]c13)C2. The van der Waals surface area contributed by atoms with Gasteiger partial charge in [0.15, 0.2) is 11.5 Å². The lowest BCUT2D eigenvalue weighted by molar-refractivity contribution is 0.530. The molecule has 5 heteroatoms. The third-order valence-corrected chi connectivity index (χ3v) is 4.20. The molecule has 2 heterocycles. The number of imidazole rings is 1. The van der Waals surface area contributed by atoms with Gasteiger partial charge in [-0.25, -0.2) is 15.0 Å². The molecule has 106 valence electrons. The van der Waals surface area contributed by atoms with Crippen molar-refractivity contribution in [1.29, 1.82) is 0 Å². The quantitative estimate of drug-likeness (QED) is 0.770. The van der Waals surface area contributed by atoms with Gasteiger partial charge in [-0.2, -0.15) is 0 Å². The van der Waals surface area contributed by atoms with Crippen LogP contribution >= 0.6 is 0 Å². The zero-order valence-electron chi connectivity index (χ0n) is 11.7. The van der Waals surface area contributed by atoms with Crippen molar-refractivity contribution >= 4 is 17.0 Å². The molecule has 0 spiro atoms. The van der Waals surface area contributed by atoms with Gasteiger partial charge < -0.3 is 10.3 Å². The minimum atomic E-state index is 0.709. The number of aromatic nitrogens is 4. The van der Waals surface area contributed by atoms with Gasteiger partial charge in [-0.1, -0.05) is 24.3 Å². The third kappa shape index (κ3) is 2.35. The lowest BCUT2D eigenvalue weighted by Gasteiger charge is -2.10. The largest absolute Gasteiger partial charge is 0.368 e. The average molecular weight is 279 g/mol. The maximum Gasteiger partial charge on any atom is 0.182 e. The number of rotatable bonds is 4. The van der Waals surface area contributed by atoms with Gasteiger partial charge in [0.1, 0.15) is 11.8 Å². The molecule has 3 aromatic rings. The predicted octanol–water partition coefficient (Wildman–Crippen LogP) is 2.57. The molecule has 21 heavy (non-hydrogen) atoms. The highest BCUT2D eigenvalue weighted by atomic mass is 15.1. The first kappa shape index (κ1) is 12.3. The predicted molar refractivity (Wildman–Crippen MR) is 82.1 cm³/mol. The Labute approximate surface area is 122 Å². The van der Waals surface area contributed by atoms with Crippen LogP contribution in [0.1, 0.15) is 17.5 Å². The third-order valence-electron chi connectivity index (χ3n) is 4.20. The van der Waals surface area contributed by atoms with Crippen LogP contribution in [0.5, 0.6) is 0 Å². The molecular formula is C16H17N5. The van der Waals surface area contributed by atoms with E-state index in [0.717, 1.165) is 30.2 Å². The molecular weight excluding hydrogens is 262 g/mol. The Hall–Kier alpha value is -2.43. The first-order valence-electron chi connectivity index (χ1n) is 7.35. The van der Waals surface area contributed by atoms with E-state index in [9.17, 15) is 0 Å². The van der Waals surface area contributed by atoms with Gasteiger partial charge in [0.2, 0.25) is 0 Å². The summed E-state index contributed by atoms with van der Waals surface area (Å²) in [5.41, 5.74) is 4.62. The maximum absolute atomic E-state index is 4.29. The summed E-state index contributed by atoms with van der Waals surface area (Å²) in [6, 6.07) is 8.77. The van der Waals surface area contributed by atoms with Gasteiger partial charge in [-0.15, -0.1) is 0 Å². The zero-order chi connectivity index (χ0) is 14.1. The Morgan fingerprint density at radius 2 is 1.90 bits per heavy atom. The number of anilines is 1. The van der Waals surface area contributed by atoms with E-state index in [1.165, 1.54) is 24.0 Å². The van der Waals surface area contributed by atoms with E-state index in [2.05, 4.69) is 49.5 Å². The monoisotopic (exact) mass is 279 g/mol. The normalized spacial score (nSPS) is 14.5. The van der Waals surface area contributed by atoms with E-state index >= 15 is 0 Å². The highest BCUT2D eigenvalue weighted by Gasteiger charge is 2.20. The molecule has 5 nitrogen and oxygen atoms in total. The van der Waals surface area contributed by atoms with Gasteiger partial charge in [-0.05, 0) is 36.3 Å². The Morgan fingerprint density at radius 3 is 2.71 bits per heavy atom. The van der Waals surface area contributed by atoms with Crippen LogP contribution in [0.4, 0.5) is 5.82 Å². The molecule has 4 rings (SSSR count). The molecule has 0 fully saturated rings. The van der Waals surface area contributed by atoms with Crippen LogP contribution < -0.4 is 5.32 Å². The molecule has 1 aliphatic rings. The Kier molecular flexibility index (Phi) is 3.03. The van der Waals surface area contributed by atoms with Crippen molar-refractivity contribution in [2.75, 3.05) is 11.9 Å². The Morgan fingerprint density at radius 1 is 1.10 bits per heavy atom. The van der Waals surface area contributed by atoms with Crippen LogP contribution in [0.2, 0.25) is 0 Å². The number of benzene rings is 1. The minimum Gasteiger partial charge on any atom is -0.368 e. The molecule has 0 radical (unpaired) electrons. The lowest BCUT2D eigenvalue weighted by Crippen LogP contribution is -2.10. The highest BCUT2D eigenvalue weighted by molar-refractivity contribution is 5.81. The maximum atomic E-state index is 4.29. The first-order chi connectivity index (χ1) is 10.4. The molecule has 1 aromatic carbocycles. The van der Waals surface area contributed by atoms with Crippen LogP contribution in [-0.2, 0) is 12.8 Å². The molecule has 0 saturated carbocycles. The van der Waals surface area contributed by atoms with E-state index in [0.29, 0.717) is 5.65 Å². The zero-order valence-corrected chi connectivity index (χ0v) is 11.7. The fraction of sp³-hybridized carbons (Fsp3) is 0.312. The van der Waals surface area contributed by atoms with Crippen molar-refractivity contribution in [3.8, 4) is 0 Å². The van der Waals surface area contributed by atoms with Gasteiger partial charge in [0, 0.05) is 6.54 Å². The van der Waals surface area contributed by atoms with Gasteiger partial charge in [-0.3, -0.25) is 0 Å². The molecule has 2 aromatic heterocycles. The summed E-state index contributed by atoms with van der Waals surface area (Å²) in [5.74, 6) is 1.57. The van der Waals surface area contributed by atoms with Crippen LogP contribution in [0.25, 0.3) is 11.2 Å². The van der Waals surface area contributed by atoms with E-state index in [1.807, 2.05) is 0 Å². The summed E-state index contributed by atoms with van der Waals surface area (Å²) in [4.78, 5) is 15.6. The fourth-order valence-electron chi connectivity index (χ4n) is 3.15. The molecule has 1 aliphatic carbocycles. The topological polar surface area (TPSA) is 66.5 Å². The smallest absolute Gasteiger partial charge is 0.182 e. The second-order valence-corrected chi connectivity index (χ2v) is 5.58. The van der Waals surface area contributed by atoms with Crippen molar-refractivity contribution in [3.05, 3.63) is 48.0 Å². The number of nitrogens with one attached hydrogen (secondary N) is 2. The number of hydrogen-bond donors (Lipinski definition) is 2. The molecule has 0 amide bonds. The molecule has 2 N–H and O–H groups in total. The summed E-state index contributed by atoms with van der Waals surface area (Å²) < 4.78 is 0. The second kappa shape index (κ2) is 5.16. The van der Waals surface area contributed by atoms with Gasteiger partial charge in [0.25, 0.3) is 0 Å². The molecule has 0 bridgehead atoms. The van der Waals surface area contributed by atoms with E-state index < -0.39 is 0 Å². The summed E-state index contributed by atoms with van der Waals surface area (Å²) in [5, 5.41) is 3.41. The number of aromatic amines is 1. The second-order valence-electron chi connectivity index (χ2n) is 5.58. The number of fused-ring (bicyclic) bond motifs is 2. The Bertz CT molecular complexity index is 739. The number of hydrogen-bond acceptors (Lipinski definition) is 4. The summed E-state index contributed by atoms with van der Waals surface area (Å²) in [7, 11) is 0. The minimum absolute atomic E-state index is 0.709. The number of H-pyrrole nitrogens is 1. The van der Waals surface area contributed by atoms with Gasteiger partial charge in [0.05, 0.1) is 6.33 Å². The molecule has 0 atom stereocenters. The average Bonchev–Trinajstić information content (AvgIpc) is 3.13. The van der Waals surface area contributed by atoms with E-state index in [1.54, 1.807) is 12.7 Å². The van der Waals surface area contributed by atoms with Gasteiger partial charge >= 0.3 is 0 Å². The first-order valence-corrected chi connectivity index (χ1v) is 7.35. The molecule has 0 aliphatic heterocycles. The van der Waals surface area contributed by atoms with E-state index in [4.69, 9.17) is 0 Å². The summed E-state index contributed by atoms with van der Waals surface area (Å²) >= 11 is 0. The van der Waals surface area contributed by atoms with E-state index in [-0.39, 0.29) is 0 Å². The van der Waals surface area contributed by atoms with Crippen molar-refractivity contribution < 1.29 is 0 Å². The van der Waals surface area contributed by atoms with Crippen molar-refractivity contribution in [2.24, 2.45) is 5.92 Å². The van der Waals surface area contributed by atoms with Crippen molar-refractivity contribution in [2.45, 2.75) is 19.3 Å². The molecule has 0 saturated heterocycles. The standard InChI is InChI=1S/C16H17N5/c1-2-4-13-8-11(7-12(13)3-1)5-6-17-15-14-16(19-9-18-14)21-10-20-15/h1-4,9-11H,5-8H2,(H2,17,18,19,20,21). The van der Waals surface area contributed by atoms with Crippen LogP contribution in [0, 0.1) is 5.92 Å². The Balaban J connectivity index is 1.38.